The molecular weight excluding hydrogens is 358 g/mol. The number of nitrogens with zero attached hydrogens (tertiary/aromatic N) is 5. The standard InChI is InChI=1S/C20H19N5O3/c1-15(17-7-9-18(10-8-17)24-14-21-13-22-24)23(2)20(26)11-6-16-4-3-5-19(12-16)25(27)28/h3-15H,1-2H3/b11-6+/t15-/m0/s1. The molecule has 0 aliphatic carbocycles. The molecule has 1 amide bonds. The van der Waals surface area contributed by atoms with Crippen LogP contribution in [-0.4, -0.2) is 37.5 Å². The first-order valence-electron chi connectivity index (χ1n) is 8.60. The number of likely N-dealkylation sites (N-methyl/N-ethyl adjacent to an activating group) is 1. The van der Waals surface area contributed by atoms with E-state index < -0.39 is 4.92 Å². The number of nitro groups is 1. The molecule has 8 nitrogen and oxygen atoms in total. The zero-order chi connectivity index (χ0) is 20.1. The number of nitro benzene ring substituents is 1. The molecule has 0 radical (unpaired) electrons. The number of hydrogen-bond acceptors (Lipinski definition) is 5. The topological polar surface area (TPSA) is 94.2 Å². The van der Waals surface area contributed by atoms with E-state index in [-0.39, 0.29) is 17.6 Å². The van der Waals surface area contributed by atoms with Gasteiger partial charge in [0.15, 0.2) is 0 Å². The predicted octanol–water partition coefficient (Wildman–Crippen LogP) is 3.41. The van der Waals surface area contributed by atoms with Gasteiger partial charge in [-0.2, -0.15) is 5.10 Å². The van der Waals surface area contributed by atoms with Gasteiger partial charge in [-0.3, -0.25) is 14.9 Å². The molecule has 0 aliphatic rings. The molecule has 0 fully saturated rings. The molecule has 28 heavy (non-hydrogen) atoms. The molecule has 0 N–H and O–H groups in total. The smallest absolute Gasteiger partial charge is 0.270 e. The van der Waals surface area contributed by atoms with E-state index in [2.05, 4.69) is 10.1 Å². The van der Waals surface area contributed by atoms with Gasteiger partial charge in [0.2, 0.25) is 5.91 Å². The molecule has 0 spiro atoms. The van der Waals surface area contributed by atoms with Crippen molar-refractivity contribution >= 4 is 17.7 Å². The van der Waals surface area contributed by atoms with Gasteiger partial charge >= 0.3 is 0 Å². The highest BCUT2D eigenvalue weighted by atomic mass is 16.6. The summed E-state index contributed by atoms with van der Waals surface area (Å²) in [6.07, 6.45) is 6.08. The van der Waals surface area contributed by atoms with Gasteiger partial charge in [0.05, 0.1) is 16.7 Å². The lowest BCUT2D eigenvalue weighted by Gasteiger charge is -2.24. The van der Waals surface area contributed by atoms with Crippen molar-refractivity contribution in [1.29, 1.82) is 0 Å². The number of rotatable bonds is 6. The van der Waals surface area contributed by atoms with Crippen molar-refractivity contribution < 1.29 is 9.72 Å². The third-order valence-corrected chi connectivity index (χ3v) is 4.49. The minimum Gasteiger partial charge on any atom is -0.335 e. The Morgan fingerprint density at radius 3 is 2.64 bits per heavy atom. The number of carbonyl (C=O) groups is 1. The molecular formula is C20H19N5O3. The van der Waals surface area contributed by atoms with Crippen LogP contribution >= 0.6 is 0 Å². The van der Waals surface area contributed by atoms with Crippen molar-refractivity contribution in [2.24, 2.45) is 0 Å². The molecule has 1 aromatic heterocycles. The molecule has 2 aromatic carbocycles. The van der Waals surface area contributed by atoms with E-state index in [0.717, 1.165) is 11.3 Å². The van der Waals surface area contributed by atoms with Crippen molar-refractivity contribution in [3.63, 3.8) is 0 Å². The average Bonchev–Trinajstić information content (AvgIpc) is 3.26. The zero-order valence-corrected chi connectivity index (χ0v) is 15.5. The van der Waals surface area contributed by atoms with E-state index in [0.29, 0.717) is 5.56 Å². The molecule has 3 rings (SSSR count). The number of hydrogen-bond donors (Lipinski definition) is 0. The number of non-ortho nitro benzene ring substituents is 1. The first-order chi connectivity index (χ1) is 13.5. The summed E-state index contributed by atoms with van der Waals surface area (Å²) in [4.78, 5) is 28.4. The summed E-state index contributed by atoms with van der Waals surface area (Å²) >= 11 is 0. The van der Waals surface area contributed by atoms with Crippen LogP contribution in [0, 0.1) is 10.1 Å². The minimum atomic E-state index is -0.462. The monoisotopic (exact) mass is 377 g/mol. The summed E-state index contributed by atoms with van der Waals surface area (Å²) in [5, 5.41) is 14.9. The van der Waals surface area contributed by atoms with Crippen LogP contribution in [0.3, 0.4) is 0 Å². The van der Waals surface area contributed by atoms with Gasteiger partial charge in [0.1, 0.15) is 12.7 Å². The molecule has 0 aliphatic heterocycles. The van der Waals surface area contributed by atoms with Crippen LogP contribution in [0.15, 0.2) is 67.3 Å². The number of carbonyl (C=O) groups excluding carboxylic acids is 1. The van der Waals surface area contributed by atoms with E-state index in [9.17, 15) is 14.9 Å². The summed E-state index contributed by atoms with van der Waals surface area (Å²) in [5.41, 5.74) is 2.45. The normalized spacial score (nSPS) is 12.1. The lowest BCUT2D eigenvalue weighted by atomic mass is 10.1. The van der Waals surface area contributed by atoms with E-state index in [1.165, 1.54) is 24.5 Å². The van der Waals surface area contributed by atoms with Crippen molar-refractivity contribution in [2.45, 2.75) is 13.0 Å². The summed E-state index contributed by atoms with van der Waals surface area (Å²) in [6, 6.07) is 13.7. The van der Waals surface area contributed by atoms with E-state index in [1.807, 2.05) is 31.2 Å². The van der Waals surface area contributed by atoms with E-state index in [4.69, 9.17) is 0 Å². The fraction of sp³-hybridized carbons (Fsp3) is 0.150. The Labute approximate surface area is 161 Å². The Hall–Kier alpha value is -3.81. The quantitative estimate of drug-likeness (QED) is 0.373. The highest BCUT2D eigenvalue weighted by Crippen LogP contribution is 2.21. The van der Waals surface area contributed by atoms with Gasteiger partial charge in [-0.05, 0) is 36.3 Å². The Morgan fingerprint density at radius 1 is 1.25 bits per heavy atom. The Bertz CT molecular complexity index is 997. The van der Waals surface area contributed by atoms with Gasteiger partial charge < -0.3 is 4.90 Å². The Balaban J connectivity index is 1.68. The third kappa shape index (κ3) is 4.29. The van der Waals surface area contributed by atoms with Gasteiger partial charge in [0, 0.05) is 25.3 Å². The molecule has 1 atom stereocenters. The second-order valence-electron chi connectivity index (χ2n) is 6.24. The van der Waals surface area contributed by atoms with Crippen LogP contribution in [0.2, 0.25) is 0 Å². The molecule has 0 saturated heterocycles. The second kappa shape index (κ2) is 8.26. The largest absolute Gasteiger partial charge is 0.335 e. The van der Waals surface area contributed by atoms with Gasteiger partial charge in [-0.1, -0.05) is 24.3 Å². The van der Waals surface area contributed by atoms with Gasteiger partial charge in [0.25, 0.3) is 5.69 Å². The van der Waals surface area contributed by atoms with Crippen LogP contribution in [0.1, 0.15) is 24.1 Å². The average molecular weight is 377 g/mol. The summed E-state index contributed by atoms with van der Waals surface area (Å²) < 4.78 is 1.66. The summed E-state index contributed by atoms with van der Waals surface area (Å²) in [5.74, 6) is -0.195. The Kier molecular flexibility index (Phi) is 5.59. The maximum absolute atomic E-state index is 12.5. The predicted molar refractivity (Wildman–Crippen MR) is 105 cm³/mol. The first kappa shape index (κ1) is 19.0. The number of benzene rings is 2. The van der Waals surface area contributed by atoms with Crippen molar-refractivity contribution in [2.75, 3.05) is 7.05 Å². The van der Waals surface area contributed by atoms with Crippen molar-refractivity contribution in [1.82, 2.24) is 19.7 Å². The molecule has 0 unspecified atom stereocenters. The van der Waals surface area contributed by atoms with Crippen LogP contribution in [0.5, 0.6) is 0 Å². The van der Waals surface area contributed by atoms with Crippen LogP contribution < -0.4 is 0 Å². The number of aromatic nitrogens is 3. The fourth-order valence-corrected chi connectivity index (χ4v) is 2.69. The lowest BCUT2D eigenvalue weighted by molar-refractivity contribution is -0.384. The van der Waals surface area contributed by atoms with Crippen molar-refractivity contribution in [3.8, 4) is 5.69 Å². The van der Waals surface area contributed by atoms with Crippen LogP contribution in [0.4, 0.5) is 5.69 Å². The summed E-state index contributed by atoms with van der Waals surface area (Å²) in [7, 11) is 1.72. The van der Waals surface area contributed by atoms with Crippen LogP contribution in [0.25, 0.3) is 11.8 Å². The SMILES string of the molecule is C[C@@H](c1ccc(-n2cncn2)cc1)N(C)C(=O)/C=C/c1cccc([N+](=O)[O-])c1. The van der Waals surface area contributed by atoms with Gasteiger partial charge in [-0.15, -0.1) is 0 Å². The first-order valence-corrected chi connectivity index (χ1v) is 8.60. The molecule has 1 heterocycles. The lowest BCUT2D eigenvalue weighted by Crippen LogP contribution is -2.27. The second-order valence-corrected chi connectivity index (χ2v) is 6.24. The highest BCUT2D eigenvalue weighted by Gasteiger charge is 2.15. The molecule has 0 saturated carbocycles. The summed E-state index contributed by atoms with van der Waals surface area (Å²) in [6.45, 7) is 1.93. The van der Waals surface area contributed by atoms with Crippen molar-refractivity contribution in [3.05, 3.63) is 88.5 Å². The fourth-order valence-electron chi connectivity index (χ4n) is 2.69. The molecule has 0 bridgehead atoms. The van der Waals surface area contributed by atoms with E-state index >= 15 is 0 Å². The third-order valence-electron chi connectivity index (χ3n) is 4.49. The molecule has 8 heteroatoms. The Morgan fingerprint density at radius 2 is 2.00 bits per heavy atom. The maximum Gasteiger partial charge on any atom is 0.270 e. The molecule has 3 aromatic rings. The zero-order valence-electron chi connectivity index (χ0n) is 15.5. The molecule has 142 valence electrons. The number of amides is 1. The van der Waals surface area contributed by atoms with Gasteiger partial charge in [-0.25, -0.2) is 9.67 Å². The van der Waals surface area contributed by atoms with E-state index in [1.54, 1.807) is 41.2 Å². The minimum absolute atomic E-state index is 0.0104. The maximum atomic E-state index is 12.5. The van der Waals surface area contributed by atoms with Crippen LogP contribution in [-0.2, 0) is 4.79 Å². The highest BCUT2D eigenvalue weighted by molar-refractivity contribution is 5.92.